The summed E-state index contributed by atoms with van der Waals surface area (Å²) in [7, 11) is 1.60. The van der Waals surface area contributed by atoms with E-state index in [1.54, 1.807) is 7.11 Å². The predicted octanol–water partition coefficient (Wildman–Crippen LogP) is 3.54. The van der Waals surface area contributed by atoms with E-state index >= 15 is 0 Å². The highest BCUT2D eigenvalue weighted by molar-refractivity contribution is 6.05. The molecule has 0 unspecified atom stereocenters. The Bertz CT molecular complexity index is 459. The Morgan fingerprint density at radius 3 is 2.58 bits per heavy atom. The minimum Gasteiger partial charge on any atom is -0.496 e. The second-order valence-corrected chi connectivity index (χ2v) is 5.17. The molecule has 0 N–H and O–H groups in total. The van der Waals surface area contributed by atoms with Gasteiger partial charge in [-0.2, -0.15) is 0 Å². The number of ketones is 1. The van der Waals surface area contributed by atoms with Crippen LogP contribution in [0, 0.1) is 6.92 Å². The van der Waals surface area contributed by atoms with E-state index < -0.39 is 5.60 Å². The van der Waals surface area contributed by atoms with Crippen LogP contribution < -0.4 is 4.74 Å². The molecule has 0 aromatic heterocycles. The van der Waals surface area contributed by atoms with Crippen LogP contribution >= 0.6 is 0 Å². The summed E-state index contributed by atoms with van der Waals surface area (Å²) in [4.78, 5) is 12.9. The number of hydrogen-bond donors (Lipinski definition) is 0. The number of aryl methyl sites for hydroxylation is 1. The third-order valence-electron chi connectivity index (χ3n) is 3.85. The number of rotatable bonds is 5. The maximum Gasteiger partial charge on any atom is 0.198 e. The number of hydrogen-bond acceptors (Lipinski definition) is 3. The van der Waals surface area contributed by atoms with E-state index in [-0.39, 0.29) is 5.78 Å². The first kappa shape index (κ1) is 14.1. The molecule has 0 spiro atoms. The molecule has 1 aliphatic carbocycles. The highest BCUT2D eigenvalue weighted by Gasteiger charge is 2.43. The van der Waals surface area contributed by atoms with Gasteiger partial charge in [-0.25, -0.2) is 0 Å². The highest BCUT2D eigenvalue weighted by Crippen LogP contribution is 2.38. The van der Waals surface area contributed by atoms with E-state index in [2.05, 4.69) is 0 Å². The van der Waals surface area contributed by atoms with E-state index in [1.807, 2.05) is 32.0 Å². The van der Waals surface area contributed by atoms with Gasteiger partial charge in [0.05, 0.1) is 12.7 Å². The van der Waals surface area contributed by atoms with Gasteiger partial charge in [-0.3, -0.25) is 4.79 Å². The maximum absolute atomic E-state index is 12.9. The summed E-state index contributed by atoms with van der Waals surface area (Å²) in [6.07, 6.45) is 3.74. The van der Waals surface area contributed by atoms with Crippen molar-refractivity contribution in [3.05, 3.63) is 29.3 Å². The van der Waals surface area contributed by atoms with Gasteiger partial charge in [0.1, 0.15) is 11.4 Å². The van der Waals surface area contributed by atoms with E-state index in [4.69, 9.17) is 9.47 Å². The lowest BCUT2D eigenvalue weighted by molar-refractivity contribution is -0.0165. The van der Waals surface area contributed by atoms with Crippen molar-refractivity contribution in [1.29, 1.82) is 0 Å². The Morgan fingerprint density at radius 2 is 2.00 bits per heavy atom. The molecule has 1 aliphatic rings. The summed E-state index contributed by atoms with van der Waals surface area (Å²) in [5, 5.41) is 0. The van der Waals surface area contributed by atoms with Crippen molar-refractivity contribution in [3.8, 4) is 5.75 Å². The molecule has 0 amide bonds. The molecular weight excluding hydrogens is 240 g/mol. The van der Waals surface area contributed by atoms with Gasteiger partial charge in [0, 0.05) is 6.61 Å². The molecule has 0 saturated heterocycles. The minimum absolute atomic E-state index is 0.0763. The fourth-order valence-corrected chi connectivity index (χ4v) is 2.90. The smallest absolute Gasteiger partial charge is 0.198 e. The average molecular weight is 262 g/mol. The van der Waals surface area contributed by atoms with Gasteiger partial charge >= 0.3 is 0 Å². The Labute approximate surface area is 114 Å². The molecule has 0 atom stereocenters. The van der Waals surface area contributed by atoms with Gasteiger partial charge in [-0.05, 0) is 51.7 Å². The van der Waals surface area contributed by atoms with Crippen molar-refractivity contribution < 1.29 is 14.3 Å². The number of benzene rings is 1. The monoisotopic (exact) mass is 262 g/mol. The third kappa shape index (κ3) is 2.66. The molecule has 1 fully saturated rings. The predicted molar refractivity (Wildman–Crippen MR) is 74.9 cm³/mol. The first-order chi connectivity index (χ1) is 9.13. The van der Waals surface area contributed by atoms with Crippen molar-refractivity contribution in [2.45, 2.75) is 45.1 Å². The van der Waals surface area contributed by atoms with Gasteiger partial charge in [0.2, 0.25) is 0 Å². The summed E-state index contributed by atoms with van der Waals surface area (Å²) < 4.78 is 11.2. The number of methoxy groups -OCH3 is 1. The number of Topliss-reactive ketones (excluding diaryl/α,β-unsaturated/α-hetero) is 1. The summed E-state index contributed by atoms with van der Waals surface area (Å²) in [6, 6.07) is 5.72. The molecule has 3 heteroatoms. The van der Waals surface area contributed by atoms with Crippen LogP contribution in [0.4, 0.5) is 0 Å². The van der Waals surface area contributed by atoms with Gasteiger partial charge in [0.15, 0.2) is 5.78 Å². The lowest BCUT2D eigenvalue weighted by atomic mass is 9.89. The molecule has 1 saturated carbocycles. The number of carbonyl (C=O) groups is 1. The molecule has 0 heterocycles. The second kappa shape index (κ2) is 5.74. The van der Waals surface area contributed by atoms with Crippen LogP contribution in [0.2, 0.25) is 0 Å². The SMILES string of the molecule is CCOC1(C(=O)c2cc(C)ccc2OC)CCCC1. The van der Waals surface area contributed by atoms with Crippen molar-refractivity contribution in [2.75, 3.05) is 13.7 Å². The van der Waals surface area contributed by atoms with E-state index in [0.29, 0.717) is 17.9 Å². The average Bonchev–Trinajstić information content (AvgIpc) is 2.88. The minimum atomic E-state index is -0.629. The molecular formula is C16H22O3. The highest BCUT2D eigenvalue weighted by atomic mass is 16.5. The van der Waals surface area contributed by atoms with Crippen LogP contribution in [0.5, 0.6) is 5.75 Å². The third-order valence-corrected chi connectivity index (χ3v) is 3.85. The Kier molecular flexibility index (Phi) is 4.25. The lowest BCUT2D eigenvalue weighted by Crippen LogP contribution is -2.39. The fourth-order valence-electron chi connectivity index (χ4n) is 2.90. The lowest BCUT2D eigenvalue weighted by Gasteiger charge is -2.28. The van der Waals surface area contributed by atoms with Gasteiger partial charge in [0.25, 0.3) is 0 Å². The standard InChI is InChI=1S/C16H22O3/c1-4-19-16(9-5-6-10-16)15(17)13-11-12(2)7-8-14(13)18-3/h7-8,11H,4-6,9-10H2,1-3H3. The zero-order chi connectivity index (χ0) is 13.9. The summed E-state index contributed by atoms with van der Waals surface area (Å²) >= 11 is 0. The van der Waals surface area contributed by atoms with E-state index in [9.17, 15) is 4.79 Å². The van der Waals surface area contributed by atoms with Crippen molar-refractivity contribution >= 4 is 5.78 Å². The van der Waals surface area contributed by atoms with Crippen LogP contribution in [0.15, 0.2) is 18.2 Å². The van der Waals surface area contributed by atoms with Crippen molar-refractivity contribution in [2.24, 2.45) is 0 Å². The molecule has 1 aromatic carbocycles. The first-order valence-corrected chi connectivity index (χ1v) is 6.96. The topological polar surface area (TPSA) is 35.5 Å². The van der Waals surface area contributed by atoms with Crippen LogP contribution in [0.3, 0.4) is 0 Å². The van der Waals surface area contributed by atoms with E-state index in [0.717, 1.165) is 31.2 Å². The molecule has 2 rings (SSSR count). The molecule has 1 aromatic rings. The fraction of sp³-hybridized carbons (Fsp3) is 0.562. The number of carbonyl (C=O) groups excluding carboxylic acids is 1. The van der Waals surface area contributed by atoms with Crippen LogP contribution in [-0.4, -0.2) is 25.1 Å². The maximum atomic E-state index is 12.9. The van der Waals surface area contributed by atoms with E-state index in [1.165, 1.54) is 0 Å². The molecule has 19 heavy (non-hydrogen) atoms. The molecule has 3 nitrogen and oxygen atoms in total. The quantitative estimate of drug-likeness (QED) is 0.761. The largest absolute Gasteiger partial charge is 0.496 e. The number of ether oxygens (including phenoxy) is 2. The normalized spacial score (nSPS) is 17.4. The van der Waals surface area contributed by atoms with Gasteiger partial charge in [-0.1, -0.05) is 11.6 Å². The summed E-state index contributed by atoms with van der Waals surface area (Å²) in [6.45, 7) is 4.50. The van der Waals surface area contributed by atoms with Crippen molar-refractivity contribution in [1.82, 2.24) is 0 Å². The second-order valence-electron chi connectivity index (χ2n) is 5.17. The molecule has 0 aliphatic heterocycles. The van der Waals surface area contributed by atoms with Crippen LogP contribution in [0.25, 0.3) is 0 Å². The van der Waals surface area contributed by atoms with Crippen LogP contribution in [-0.2, 0) is 4.74 Å². The van der Waals surface area contributed by atoms with Gasteiger partial charge in [-0.15, -0.1) is 0 Å². The Morgan fingerprint density at radius 1 is 1.32 bits per heavy atom. The molecule has 0 radical (unpaired) electrons. The molecule has 0 bridgehead atoms. The first-order valence-electron chi connectivity index (χ1n) is 6.96. The zero-order valence-electron chi connectivity index (χ0n) is 12.0. The zero-order valence-corrected chi connectivity index (χ0v) is 12.0. The van der Waals surface area contributed by atoms with Crippen LogP contribution in [0.1, 0.15) is 48.5 Å². The molecule has 104 valence electrons. The Balaban J connectivity index is 2.39. The summed E-state index contributed by atoms with van der Waals surface area (Å²) in [5.41, 5.74) is 1.09. The van der Waals surface area contributed by atoms with Crippen molar-refractivity contribution in [3.63, 3.8) is 0 Å². The van der Waals surface area contributed by atoms with Gasteiger partial charge < -0.3 is 9.47 Å². The summed E-state index contributed by atoms with van der Waals surface area (Å²) in [5.74, 6) is 0.717. The Hall–Kier alpha value is -1.35.